The molecule has 1 atom stereocenters. The molecule has 0 heterocycles. The second-order valence-corrected chi connectivity index (χ2v) is 3.93. The van der Waals surface area contributed by atoms with Gasteiger partial charge in [-0.25, -0.2) is 4.39 Å². The van der Waals surface area contributed by atoms with E-state index < -0.39 is 0 Å². The summed E-state index contributed by atoms with van der Waals surface area (Å²) in [7, 11) is 0. The van der Waals surface area contributed by atoms with Gasteiger partial charge in [-0.3, -0.25) is 0 Å². The zero-order valence-corrected chi connectivity index (χ0v) is 8.89. The highest BCUT2D eigenvalue weighted by atomic mass is 35.5. The summed E-state index contributed by atoms with van der Waals surface area (Å²) in [6, 6.07) is 4.69. The minimum absolute atomic E-state index is 0.131. The summed E-state index contributed by atoms with van der Waals surface area (Å²) in [5.41, 5.74) is 0.550. The Morgan fingerprint density at radius 3 is 2.79 bits per heavy atom. The summed E-state index contributed by atoms with van der Waals surface area (Å²) in [5, 5.41) is 9.29. The minimum atomic E-state index is -0.261. The molecule has 0 fully saturated rings. The van der Waals surface area contributed by atoms with Crippen molar-refractivity contribution in [2.45, 2.75) is 19.8 Å². The third-order valence-corrected chi connectivity index (χ3v) is 2.61. The first-order valence-electron chi connectivity index (χ1n) is 4.69. The van der Waals surface area contributed by atoms with Crippen molar-refractivity contribution in [3.63, 3.8) is 0 Å². The van der Waals surface area contributed by atoms with Gasteiger partial charge in [-0.15, -0.1) is 0 Å². The molecule has 0 amide bonds. The van der Waals surface area contributed by atoms with Crippen LogP contribution >= 0.6 is 11.6 Å². The molecule has 1 N–H and O–H groups in total. The van der Waals surface area contributed by atoms with Crippen molar-refractivity contribution in [2.24, 2.45) is 5.92 Å². The first kappa shape index (κ1) is 11.5. The maximum Gasteiger partial charge on any atom is 0.127 e. The highest BCUT2D eigenvalue weighted by molar-refractivity contribution is 6.31. The fraction of sp³-hybridized carbons (Fsp3) is 0.455. The van der Waals surface area contributed by atoms with Gasteiger partial charge in [0, 0.05) is 17.2 Å². The van der Waals surface area contributed by atoms with Crippen molar-refractivity contribution in [1.29, 1.82) is 0 Å². The van der Waals surface area contributed by atoms with Crippen molar-refractivity contribution in [3.8, 4) is 0 Å². The number of aliphatic hydroxyl groups is 1. The Kier molecular flexibility index (Phi) is 4.36. The fourth-order valence-corrected chi connectivity index (χ4v) is 1.51. The predicted octanol–water partition coefficient (Wildman–Crippen LogP) is 3.04. The average Bonchev–Trinajstić information content (AvgIpc) is 2.16. The Balaban J connectivity index is 2.66. The zero-order valence-electron chi connectivity index (χ0n) is 8.13. The van der Waals surface area contributed by atoms with Gasteiger partial charge in [-0.1, -0.05) is 24.6 Å². The smallest absolute Gasteiger partial charge is 0.127 e. The van der Waals surface area contributed by atoms with E-state index in [1.165, 1.54) is 6.07 Å². The first-order chi connectivity index (χ1) is 6.65. The van der Waals surface area contributed by atoms with E-state index in [0.29, 0.717) is 17.0 Å². The molecule has 1 rings (SSSR count). The molecule has 1 unspecified atom stereocenters. The minimum Gasteiger partial charge on any atom is -0.396 e. The van der Waals surface area contributed by atoms with Gasteiger partial charge in [0.05, 0.1) is 0 Å². The number of halogens is 2. The van der Waals surface area contributed by atoms with Crippen molar-refractivity contribution in [2.75, 3.05) is 6.61 Å². The van der Waals surface area contributed by atoms with Crippen LogP contribution in [0.3, 0.4) is 0 Å². The van der Waals surface area contributed by atoms with Crippen molar-refractivity contribution < 1.29 is 9.50 Å². The summed E-state index contributed by atoms with van der Waals surface area (Å²) < 4.78 is 13.3. The van der Waals surface area contributed by atoms with Gasteiger partial charge in [0.15, 0.2) is 0 Å². The number of benzene rings is 1. The SMILES string of the molecule is CC(CO)CCc1c(F)cccc1Cl. The largest absolute Gasteiger partial charge is 0.396 e. The van der Waals surface area contributed by atoms with E-state index in [1.807, 2.05) is 6.92 Å². The lowest BCUT2D eigenvalue weighted by Gasteiger charge is -2.09. The lowest BCUT2D eigenvalue weighted by Crippen LogP contribution is -2.03. The predicted molar refractivity (Wildman–Crippen MR) is 56.0 cm³/mol. The molecule has 0 bridgehead atoms. The van der Waals surface area contributed by atoms with E-state index in [1.54, 1.807) is 12.1 Å². The molecule has 0 aromatic heterocycles. The third kappa shape index (κ3) is 2.96. The Morgan fingerprint density at radius 2 is 2.21 bits per heavy atom. The summed E-state index contributed by atoms with van der Waals surface area (Å²) in [5.74, 6) is -0.0756. The van der Waals surface area contributed by atoms with Crippen LogP contribution in [-0.4, -0.2) is 11.7 Å². The quantitative estimate of drug-likeness (QED) is 0.820. The van der Waals surface area contributed by atoms with Gasteiger partial charge < -0.3 is 5.11 Å². The van der Waals surface area contributed by atoms with Crippen molar-refractivity contribution >= 4 is 11.6 Å². The number of rotatable bonds is 4. The average molecular weight is 217 g/mol. The first-order valence-corrected chi connectivity index (χ1v) is 5.06. The fourth-order valence-electron chi connectivity index (χ4n) is 1.25. The molecule has 0 aliphatic heterocycles. The van der Waals surface area contributed by atoms with Crippen LogP contribution in [0.5, 0.6) is 0 Å². The van der Waals surface area contributed by atoms with Crippen LogP contribution in [0, 0.1) is 11.7 Å². The van der Waals surface area contributed by atoms with Crippen LogP contribution in [0.15, 0.2) is 18.2 Å². The van der Waals surface area contributed by atoms with Crippen LogP contribution in [0.1, 0.15) is 18.9 Å². The molecule has 3 heteroatoms. The summed E-state index contributed by atoms with van der Waals surface area (Å²) >= 11 is 5.85. The van der Waals surface area contributed by atoms with Crippen LogP contribution in [-0.2, 0) is 6.42 Å². The van der Waals surface area contributed by atoms with Gasteiger partial charge in [0.25, 0.3) is 0 Å². The van der Waals surface area contributed by atoms with Gasteiger partial charge in [-0.05, 0) is 30.9 Å². The molecule has 0 radical (unpaired) electrons. The molecule has 0 aliphatic carbocycles. The second-order valence-electron chi connectivity index (χ2n) is 3.53. The molecular weight excluding hydrogens is 203 g/mol. The monoisotopic (exact) mass is 216 g/mol. The highest BCUT2D eigenvalue weighted by Gasteiger charge is 2.08. The van der Waals surface area contributed by atoms with Gasteiger partial charge in [0.2, 0.25) is 0 Å². The molecule has 14 heavy (non-hydrogen) atoms. The lowest BCUT2D eigenvalue weighted by atomic mass is 10.0. The van der Waals surface area contributed by atoms with Crippen LogP contribution < -0.4 is 0 Å². The Bertz CT molecular complexity index is 281. The van der Waals surface area contributed by atoms with E-state index in [2.05, 4.69) is 0 Å². The maximum atomic E-state index is 13.3. The molecule has 0 saturated heterocycles. The number of hydrogen-bond donors (Lipinski definition) is 1. The van der Waals surface area contributed by atoms with Gasteiger partial charge in [-0.2, -0.15) is 0 Å². The third-order valence-electron chi connectivity index (χ3n) is 2.26. The molecule has 0 aliphatic rings. The lowest BCUT2D eigenvalue weighted by molar-refractivity contribution is 0.230. The van der Waals surface area contributed by atoms with E-state index in [9.17, 15) is 4.39 Å². The van der Waals surface area contributed by atoms with E-state index in [-0.39, 0.29) is 18.3 Å². The molecule has 1 aromatic rings. The Hall–Kier alpha value is -0.600. The highest BCUT2D eigenvalue weighted by Crippen LogP contribution is 2.21. The number of hydrogen-bond acceptors (Lipinski definition) is 1. The van der Waals surface area contributed by atoms with Crippen LogP contribution in [0.2, 0.25) is 5.02 Å². The second kappa shape index (κ2) is 5.32. The molecule has 0 saturated carbocycles. The van der Waals surface area contributed by atoms with Crippen LogP contribution in [0.25, 0.3) is 0 Å². The van der Waals surface area contributed by atoms with E-state index in [4.69, 9.17) is 16.7 Å². The summed E-state index contributed by atoms with van der Waals surface area (Å²) in [6.45, 7) is 2.06. The Labute approximate surface area is 88.5 Å². The Morgan fingerprint density at radius 1 is 1.50 bits per heavy atom. The van der Waals surface area contributed by atoms with Crippen molar-refractivity contribution in [1.82, 2.24) is 0 Å². The topological polar surface area (TPSA) is 20.2 Å². The molecule has 1 aromatic carbocycles. The molecule has 78 valence electrons. The molecule has 0 spiro atoms. The number of aliphatic hydroxyl groups excluding tert-OH is 1. The van der Waals surface area contributed by atoms with E-state index >= 15 is 0 Å². The zero-order chi connectivity index (χ0) is 10.6. The molecule has 1 nitrogen and oxygen atoms in total. The van der Waals surface area contributed by atoms with Gasteiger partial charge >= 0.3 is 0 Å². The summed E-state index contributed by atoms with van der Waals surface area (Å²) in [4.78, 5) is 0. The normalized spacial score (nSPS) is 12.9. The standard InChI is InChI=1S/C11H14ClFO/c1-8(7-14)5-6-9-10(12)3-2-4-11(9)13/h2-4,8,14H,5-7H2,1H3. The maximum absolute atomic E-state index is 13.3. The van der Waals surface area contributed by atoms with Crippen molar-refractivity contribution in [3.05, 3.63) is 34.6 Å². The molecular formula is C11H14ClFO. The van der Waals surface area contributed by atoms with Gasteiger partial charge in [0.1, 0.15) is 5.82 Å². The summed E-state index contributed by atoms with van der Waals surface area (Å²) in [6.07, 6.45) is 1.32. The van der Waals surface area contributed by atoms with E-state index in [0.717, 1.165) is 6.42 Å². The van der Waals surface area contributed by atoms with Crippen LogP contribution in [0.4, 0.5) is 4.39 Å².